The zero-order valence-electron chi connectivity index (χ0n) is 11.5. The van der Waals surface area contributed by atoms with Gasteiger partial charge < -0.3 is 11.1 Å². The van der Waals surface area contributed by atoms with Crippen LogP contribution in [0.3, 0.4) is 0 Å². The highest BCUT2D eigenvalue weighted by Crippen LogP contribution is 2.56. The van der Waals surface area contributed by atoms with E-state index in [1.165, 1.54) is 32.1 Å². The number of hydrogen-bond donors (Lipinski definition) is 2. The summed E-state index contributed by atoms with van der Waals surface area (Å²) in [4.78, 5) is 11.8. The number of carbonyl (C=O) groups is 1. The van der Waals surface area contributed by atoms with Crippen molar-refractivity contribution < 1.29 is 4.79 Å². The number of nitrogens with one attached hydrogen (secondary N) is 1. The Bertz CT molecular complexity index is 370. The number of amides is 1. The molecule has 4 saturated carbocycles. The number of hydrogen-bond acceptors (Lipinski definition) is 2. The van der Waals surface area contributed by atoms with Crippen LogP contribution in [0.1, 0.15) is 38.5 Å². The van der Waals surface area contributed by atoms with Gasteiger partial charge in [-0.3, -0.25) is 4.79 Å². The maximum absolute atomic E-state index is 11.8. The molecule has 19 heavy (non-hydrogen) atoms. The lowest BCUT2D eigenvalue weighted by atomic mass is 9.52. The highest BCUT2D eigenvalue weighted by atomic mass is 16.2. The molecule has 3 heteroatoms. The van der Waals surface area contributed by atoms with Crippen molar-refractivity contribution in [1.82, 2.24) is 5.32 Å². The Morgan fingerprint density at radius 2 is 1.79 bits per heavy atom. The van der Waals surface area contributed by atoms with Crippen LogP contribution in [0.2, 0.25) is 0 Å². The fourth-order valence-corrected chi connectivity index (χ4v) is 4.94. The van der Waals surface area contributed by atoms with E-state index in [0.717, 1.165) is 30.2 Å². The lowest BCUT2D eigenvalue weighted by molar-refractivity contribution is -0.123. The molecule has 3 nitrogen and oxygen atoms in total. The molecule has 0 heterocycles. The molecule has 4 rings (SSSR count). The Hall–Kier alpha value is -1.01. The molecule has 0 saturated heterocycles. The van der Waals surface area contributed by atoms with Crippen molar-refractivity contribution in [3.05, 3.63) is 0 Å². The first kappa shape index (κ1) is 13.0. The fraction of sp³-hybridized carbons (Fsp3) is 0.812. The predicted octanol–water partition coefficient (Wildman–Crippen LogP) is 1.53. The second-order valence-electron chi connectivity index (χ2n) is 6.85. The highest BCUT2D eigenvalue weighted by Gasteiger charge is 2.47. The Kier molecular flexibility index (Phi) is 3.54. The topological polar surface area (TPSA) is 55.1 Å². The average Bonchev–Trinajstić information content (AvgIpc) is 2.37. The van der Waals surface area contributed by atoms with E-state index in [4.69, 9.17) is 12.2 Å². The Morgan fingerprint density at radius 3 is 2.32 bits per heavy atom. The second kappa shape index (κ2) is 5.17. The lowest BCUT2D eigenvalue weighted by Crippen LogP contribution is -2.50. The van der Waals surface area contributed by atoms with Crippen molar-refractivity contribution in [3.8, 4) is 12.3 Å². The fourth-order valence-electron chi connectivity index (χ4n) is 4.94. The maximum Gasteiger partial charge on any atom is 0.237 e. The summed E-state index contributed by atoms with van der Waals surface area (Å²) < 4.78 is 0. The monoisotopic (exact) mass is 260 g/mol. The molecular weight excluding hydrogens is 236 g/mol. The van der Waals surface area contributed by atoms with Gasteiger partial charge >= 0.3 is 0 Å². The van der Waals surface area contributed by atoms with E-state index in [1.807, 2.05) is 0 Å². The summed E-state index contributed by atoms with van der Waals surface area (Å²) in [7, 11) is 0. The SMILES string of the molecule is C#CCC(N)C(=O)NCC1C2CC3CC(C2)CC1C3. The standard InChI is InChI=1S/C16H24N2O/c1-2-3-15(17)16(19)18-9-14-12-5-10-4-11(7-12)8-13(14)6-10/h1,10-15H,3-9,17H2,(H,18,19). The Morgan fingerprint density at radius 1 is 1.21 bits per heavy atom. The van der Waals surface area contributed by atoms with Gasteiger partial charge in [0.1, 0.15) is 0 Å². The van der Waals surface area contributed by atoms with Crippen molar-refractivity contribution in [1.29, 1.82) is 0 Å². The summed E-state index contributed by atoms with van der Waals surface area (Å²) >= 11 is 0. The molecule has 1 unspecified atom stereocenters. The molecule has 0 radical (unpaired) electrons. The molecule has 104 valence electrons. The number of carbonyl (C=O) groups excluding carboxylic acids is 1. The lowest BCUT2D eigenvalue weighted by Gasteiger charge is -2.54. The van der Waals surface area contributed by atoms with Crippen molar-refractivity contribution in [2.45, 2.75) is 44.6 Å². The van der Waals surface area contributed by atoms with Gasteiger partial charge in [-0.15, -0.1) is 12.3 Å². The molecule has 0 spiro atoms. The molecule has 0 aromatic carbocycles. The summed E-state index contributed by atoms with van der Waals surface area (Å²) in [6, 6.07) is -0.540. The third-order valence-corrected chi connectivity index (χ3v) is 5.61. The largest absolute Gasteiger partial charge is 0.354 e. The van der Waals surface area contributed by atoms with E-state index in [1.54, 1.807) is 0 Å². The summed E-state index contributed by atoms with van der Waals surface area (Å²) in [5, 5.41) is 3.04. The van der Waals surface area contributed by atoms with Gasteiger partial charge in [0.2, 0.25) is 5.91 Å². The molecule has 0 aromatic heterocycles. The van der Waals surface area contributed by atoms with Gasteiger partial charge in [-0.05, 0) is 61.7 Å². The van der Waals surface area contributed by atoms with Crippen LogP contribution in [-0.2, 0) is 4.79 Å². The third kappa shape index (κ3) is 2.51. The van der Waals surface area contributed by atoms with Crippen LogP contribution in [0.25, 0.3) is 0 Å². The van der Waals surface area contributed by atoms with E-state index < -0.39 is 6.04 Å². The van der Waals surface area contributed by atoms with Crippen LogP contribution in [-0.4, -0.2) is 18.5 Å². The van der Waals surface area contributed by atoms with Crippen molar-refractivity contribution >= 4 is 5.91 Å². The molecule has 0 aromatic rings. The van der Waals surface area contributed by atoms with Crippen LogP contribution < -0.4 is 11.1 Å². The molecule has 4 fully saturated rings. The summed E-state index contributed by atoms with van der Waals surface area (Å²) in [5.74, 6) is 6.73. The molecule has 4 bridgehead atoms. The predicted molar refractivity (Wildman–Crippen MR) is 75.0 cm³/mol. The minimum Gasteiger partial charge on any atom is -0.354 e. The first-order chi connectivity index (χ1) is 9.17. The van der Waals surface area contributed by atoms with E-state index in [9.17, 15) is 4.79 Å². The van der Waals surface area contributed by atoms with Crippen molar-refractivity contribution in [3.63, 3.8) is 0 Å². The van der Waals surface area contributed by atoms with Crippen LogP contribution in [0.5, 0.6) is 0 Å². The molecule has 1 atom stereocenters. The van der Waals surface area contributed by atoms with E-state index >= 15 is 0 Å². The number of terminal acetylenes is 1. The number of nitrogens with two attached hydrogens (primary N) is 1. The van der Waals surface area contributed by atoms with Crippen LogP contribution in [0.15, 0.2) is 0 Å². The van der Waals surface area contributed by atoms with Gasteiger partial charge in [-0.25, -0.2) is 0 Å². The molecular formula is C16H24N2O. The summed E-state index contributed by atoms with van der Waals surface area (Å²) in [6.07, 6.45) is 12.6. The molecule has 4 aliphatic carbocycles. The molecule has 1 amide bonds. The quantitative estimate of drug-likeness (QED) is 0.753. The van der Waals surface area contributed by atoms with Gasteiger partial charge in [0, 0.05) is 13.0 Å². The van der Waals surface area contributed by atoms with Gasteiger partial charge in [0.25, 0.3) is 0 Å². The molecule has 4 aliphatic rings. The maximum atomic E-state index is 11.8. The molecule has 3 N–H and O–H groups in total. The third-order valence-electron chi connectivity index (χ3n) is 5.61. The summed E-state index contributed by atoms with van der Waals surface area (Å²) in [5.41, 5.74) is 5.73. The number of rotatable bonds is 4. The van der Waals surface area contributed by atoms with Crippen molar-refractivity contribution in [2.75, 3.05) is 6.54 Å². The average molecular weight is 260 g/mol. The zero-order chi connectivity index (χ0) is 13.4. The Balaban J connectivity index is 1.53. The second-order valence-corrected chi connectivity index (χ2v) is 6.85. The minimum atomic E-state index is -0.540. The van der Waals surface area contributed by atoms with Gasteiger partial charge in [0.15, 0.2) is 0 Å². The van der Waals surface area contributed by atoms with Crippen LogP contribution >= 0.6 is 0 Å². The first-order valence-electron chi connectivity index (χ1n) is 7.64. The zero-order valence-corrected chi connectivity index (χ0v) is 11.5. The van der Waals surface area contributed by atoms with E-state index in [0.29, 0.717) is 12.3 Å². The highest BCUT2D eigenvalue weighted by molar-refractivity contribution is 5.81. The van der Waals surface area contributed by atoms with Crippen LogP contribution in [0, 0.1) is 41.9 Å². The smallest absolute Gasteiger partial charge is 0.237 e. The summed E-state index contributed by atoms with van der Waals surface area (Å²) in [6.45, 7) is 0.811. The Labute approximate surface area is 115 Å². The first-order valence-corrected chi connectivity index (χ1v) is 7.64. The van der Waals surface area contributed by atoms with E-state index in [2.05, 4.69) is 11.2 Å². The van der Waals surface area contributed by atoms with Gasteiger partial charge in [0.05, 0.1) is 6.04 Å². The minimum absolute atomic E-state index is 0.0771. The van der Waals surface area contributed by atoms with Crippen molar-refractivity contribution in [2.24, 2.45) is 35.3 Å². The van der Waals surface area contributed by atoms with E-state index in [-0.39, 0.29) is 5.91 Å². The van der Waals surface area contributed by atoms with Gasteiger partial charge in [-0.2, -0.15) is 0 Å². The normalized spacial score (nSPS) is 40.7. The van der Waals surface area contributed by atoms with Crippen LogP contribution in [0.4, 0.5) is 0 Å². The molecule has 0 aliphatic heterocycles. The van der Waals surface area contributed by atoms with Gasteiger partial charge in [-0.1, -0.05) is 0 Å².